The van der Waals surface area contributed by atoms with Gasteiger partial charge in [0.05, 0.1) is 24.2 Å². The minimum Gasteiger partial charge on any atom is -0.378 e. The Balaban J connectivity index is 1.48. The van der Waals surface area contributed by atoms with E-state index in [1.165, 1.54) is 5.56 Å². The highest BCUT2D eigenvalue weighted by molar-refractivity contribution is 5.76. The van der Waals surface area contributed by atoms with E-state index < -0.39 is 0 Å². The maximum Gasteiger partial charge on any atom is 0.225 e. The van der Waals surface area contributed by atoms with Crippen LogP contribution in [-0.4, -0.2) is 54.6 Å². The fraction of sp³-hybridized carbons (Fsp3) is 0.579. The minimum atomic E-state index is 0.135. The van der Waals surface area contributed by atoms with Crippen molar-refractivity contribution in [2.45, 2.75) is 38.3 Å². The molecule has 0 unspecified atom stereocenters. The Morgan fingerprint density at radius 1 is 1.17 bits per heavy atom. The van der Waals surface area contributed by atoms with E-state index in [0.29, 0.717) is 12.0 Å². The first-order chi connectivity index (χ1) is 11.7. The average molecular weight is 327 g/mol. The summed E-state index contributed by atoms with van der Waals surface area (Å²) in [5, 5.41) is 8.86. The molecule has 24 heavy (non-hydrogen) atoms. The average Bonchev–Trinajstić information content (AvgIpc) is 3.00. The molecule has 1 aromatic rings. The van der Waals surface area contributed by atoms with Gasteiger partial charge in [0.15, 0.2) is 0 Å². The first-order valence-corrected chi connectivity index (χ1v) is 8.85. The molecule has 0 radical (unpaired) electrons. The Labute approximate surface area is 143 Å². The molecule has 3 rings (SSSR count). The lowest BCUT2D eigenvalue weighted by Crippen LogP contribution is -2.36. The number of benzene rings is 1. The van der Waals surface area contributed by atoms with Crippen molar-refractivity contribution >= 4 is 5.91 Å². The zero-order valence-electron chi connectivity index (χ0n) is 14.1. The van der Waals surface area contributed by atoms with Crippen molar-refractivity contribution in [2.24, 2.45) is 0 Å². The summed E-state index contributed by atoms with van der Waals surface area (Å²) in [6, 6.07) is 9.91. The van der Waals surface area contributed by atoms with Gasteiger partial charge < -0.3 is 9.64 Å². The summed E-state index contributed by atoms with van der Waals surface area (Å²) < 4.78 is 5.58. The predicted octanol–water partition coefficient (Wildman–Crippen LogP) is 2.16. The molecule has 2 fully saturated rings. The van der Waals surface area contributed by atoms with Gasteiger partial charge in [0.2, 0.25) is 5.91 Å². The molecular formula is C19H25N3O2. The number of ether oxygens (including phenoxy) is 1. The Kier molecular flexibility index (Phi) is 5.84. The van der Waals surface area contributed by atoms with Crippen molar-refractivity contribution in [2.75, 3.05) is 32.8 Å². The second kappa shape index (κ2) is 8.27. The van der Waals surface area contributed by atoms with Crippen LogP contribution in [0.3, 0.4) is 0 Å². The lowest BCUT2D eigenvalue weighted by atomic mass is 10.1. The topological polar surface area (TPSA) is 56.6 Å². The van der Waals surface area contributed by atoms with E-state index >= 15 is 0 Å². The molecule has 2 aliphatic heterocycles. The van der Waals surface area contributed by atoms with Crippen molar-refractivity contribution in [1.82, 2.24) is 9.80 Å². The van der Waals surface area contributed by atoms with Crippen LogP contribution in [0.15, 0.2) is 24.3 Å². The number of amides is 1. The van der Waals surface area contributed by atoms with Gasteiger partial charge in [-0.25, -0.2) is 0 Å². The number of hydrogen-bond donors (Lipinski definition) is 0. The maximum absolute atomic E-state index is 12.4. The number of nitrogens with zero attached hydrogens (tertiary/aromatic N) is 3. The summed E-state index contributed by atoms with van der Waals surface area (Å²) in [5.41, 5.74) is 1.91. The van der Waals surface area contributed by atoms with E-state index in [1.54, 1.807) is 0 Å². The monoisotopic (exact) mass is 327 g/mol. The smallest absolute Gasteiger partial charge is 0.225 e. The van der Waals surface area contributed by atoms with Crippen LogP contribution in [0.1, 0.15) is 36.8 Å². The number of carbonyl (C=O) groups excluding carboxylic acids is 1. The molecule has 0 aromatic heterocycles. The number of nitriles is 1. The Hall–Kier alpha value is -1.90. The third-order valence-electron chi connectivity index (χ3n) is 4.86. The van der Waals surface area contributed by atoms with Crippen LogP contribution in [0.4, 0.5) is 0 Å². The molecule has 2 heterocycles. The SMILES string of the molecule is N#Cc1ccc(CN2CCCN(C(=O)C[C@H]3CCCO3)CC2)cc1. The summed E-state index contributed by atoms with van der Waals surface area (Å²) in [7, 11) is 0. The van der Waals surface area contributed by atoms with Gasteiger partial charge in [0.1, 0.15) is 0 Å². The minimum absolute atomic E-state index is 0.135. The van der Waals surface area contributed by atoms with Crippen molar-refractivity contribution in [3.05, 3.63) is 35.4 Å². The summed E-state index contributed by atoms with van der Waals surface area (Å²) in [6.07, 6.45) is 3.78. The fourth-order valence-corrected chi connectivity index (χ4v) is 3.45. The van der Waals surface area contributed by atoms with Gasteiger partial charge in [0, 0.05) is 39.3 Å². The Bertz CT molecular complexity index is 588. The molecule has 128 valence electrons. The lowest BCUT2D eigenvalue weighted by Gasteiger charge is -2.23. The van der Waals surface area contributed by atoms with Crippen molar-refractivity contribution < 1.29 is 9.53 Å². The highest BCUT2D eigenvalue weighted by atomic mass is 16.5. The largest absolute Gasteiger partial charge is 0.378 e. The standard InChI is InChI=1S/C19H25N3O2/c20-14-16-4-6-17(7-5-16)15-21-8-2-9-22(11-10-21)19(23)13-18-3-1-12-24-18/h4-7,18H,1-3,8-13,15H2/t18-/m1/s1. The molecule has 1 atom stereocenters. The Morgan fingerprint density at radius 2 is 2.00 bits per heavy atom. The normalized spacial score (nSPS) is 22.1. The van der Waals surface area contributed by atoms with E-state index in [2.05, 4.69) is 11.0 Å². The molecule has 5 heteroatoms. The van der Waals surface area contributed by atoms with Crippen LogP contribution in [0.2, 0.25) is 0 Å². The first-order valence-electron chi connectivity index (χ1n) is 8.85. The highest BCUT2D eigenvalue weighted by Gasteiger charge is 2.24. The zero-order valence-corrected chi connectivity index (χ0v) is 14.1. The van der Waals surface area contributed by atoms with Crippen LogP contribution in [0.25, 0.3) is 0 Å². The van der Waals surface area contributed by atoms with Crippen LogP contribution in [-0.2, 0) is 16.1 Å². The third-order valence-corrected chi connectivity index (χ3v) is 4.86. The summed E-state index contributed by atoms with van der Waals surface area (Å²) in [6.45, 7) is 5.22. The molecule has 2 saturated heterocycles. The van der Waals surface area contributed by atoms with Gasteiger partial charge in [-0.15, -0.1) is 0 Å². The second-order valence-electron chi connectivity index (χ2n) is 6.66. The van der Waals surface area contributed by atoms with Gasteiger partial charge in [-0.05, 0) is 37.0 Å². The van der Waals surface area contributed by atoms with E-state index in [4.69, 9.17) is 10.00 Å². The van der Waals surface area contributed by atoms with Crippen LogP contribution < -0.4 is 0 Å². The molecule has 0 bridgehead atoms. The van der Waals surface area contributed by atoms with Gasteiger partial charge in [0.25, 0.3) is 0 Å². The van der Waals surface area contributed by atoms with Crippen LogP contribution in [0, 0.1) is 11.3 Å². The summed E-state index contributed by atoms with van der Waals surface area (Å²) in [4.78, 5) is 16.8. The Morgan fingerprint density at radius 3 is 2.71 bits per heavy atom. The lowest BCUT2D eigenvalue weighted by molar-refractivity contribution is -0.133. The molecular weight excluding hydrogens is 302 g/mol. The van der Waals surface area contributed by atoms with E-state index in [-0.39, 0.29) is 12.0 Å². The molecule has 0 spiro atoms. The molecule has 0 aliphatic carbocycles. The predicted molar refractivity (Wildman–Crippen MR) is 91.2 cm³/mol. The third kappa shape index (κ3) is 4.56. The van der Waals surface area contributed by atoms with Crippen molar-refractivity contribution in [3.63, 3.8) is 0 Å². The molecule has 1 amide bonds. The highest BCUT2D eigenvalue weighted by Crippen LogP contribution is 2.17. The van der Waals surface area contributed by atoms with E-state index in [0.717, 1.165) is 58.6 Å². The van der Waals surface area contributed by atoms with E-state index in [9.17, 15) is 4.79 Å². The molecule has 2 aliphatic rings. The number of carbonyl (C=O) groups is 1. The van der Waals surface area contributed by atoms with E-state index in [1.807, 2.05) is 29.2 Å². The van der Waals surface area contributed by atoms with Crippen LogP contribution >= 0.6 is 0 Å². The van der Waals surface area contributed by atoms with Gasteiger partial charge in [-0.2, -0.15) is 5.26 Å². The molecule has 0 N–H and O–H groups in total. The number of hydrogen-bond acceptors (Lipinski definition) is 4. The molecule has 1 aromatic carbocycles. The second-order valence-corrected chi connectivity index (χ2v) is 6.66. The first kappa shape index (κ1) is 16.9. The molecule has 0 saturated carbocycles. The van der Waals surface area contributed by atoms with Crippen LogP contribution in [0.5, 0.6) is 0 Å². The van der Waals surface area contributed by atoms with Gasteiger partial charge >= 0.3 is 0 Å². The van der Waals surface area contributed by atoms with Gasteiger partial charge in [-0.1, -0.05) is 12.1 Å². The zero-order chi connectivity index (χ0) is 16.8. The number of rotatable bonds is 4. The summed E-state index contributed by atoms with van der Waals surface area (Å²) in [5.74, 6) is 0.238. The summed E-state index contributed by atoms with van der Waals surface area (Å²) >= 11 is 0. The quantitative estimate of drug-likeness (QED) is 0.850. The maximum atomic E-state index is 12.4. The van der Waals surface area contributed by atoms with Crippen molar-refractivity contribution in [3.8, 4) is 6.07 Å². The van der Waals surface area contributed by atoms with Crippen molar-refractivity contribution in [1.29, 1.82) is 5.26 Å². The fourth-order valence-electron chi connectivity index (χ4n) is 3.45. The molecule has 5 nitrogen and oxygen atoms in total. The van der Waals surface area contributed by atoms with Gasteiger partial charge in [-0.3, -0.25) is 9.69 Å².